The molecule has 6 heteroatoms. The molecule has 2 aromatic heterocycles. The van der Waals surface area contributed by atoms with Crippen LogP contribution in [-0.4, -0.2) is 40.2 Å². The van der Waals surface area contributed by atoms with Gasteiger partial charge in [0.15, 0.2) is 0 Å². The van der Waals surface area contributed by atoms with Crippen LogP contribution in [0.25, 0.3) is 0 Å². The standard InChI is InChI=1S/C19H26N4OS/c1-22-12-15(11-21-22)17-9-18(17)19(24)20-10-14-4-6-23(7-5-14)13-16-3-2-8-25-16/h2-3,8,11-12,14,17-18H,4-7,9-10,13H2,1H3,(H,20,24). The molecule has 4 rings (SSSR count). The summed E-state index contributed by atoms with van der Waals surface area (Å²) in [5.41, 5.74) is 1.20. The van der Waals surface area contributed by atoms with Gasteiger partial charge in [-0.05, 0) is 61.2 Å². The van der Waals surface area contributed by atoms with E-state index in [4.69, 9.17) is 0 Å². The Morgan fingerprint density at radius 1 is 1.40 bits per heavy atom. The summed E-state index contributed by atoms with van der Waals surface area (Å²) in [5, 5.41) is 9.55. The van der Waals surface area contributed by atoms with Crippen molar-refractivity contribution in [2.24, 2.45) is 18.9 Å². The molecule has 1 aliphatic carbocycles. The number of carbonyl (C=O) groups excluding carboxylic acids is 1. The number of aromatic nitrogens is 2. The van der Waals surface area contributed by atoms with Crippen LogP contribution in [0, 0.1) is 11.8 Å². The van der Waals surface area contributed by atoms with Crippen LogP contribution in [0.1, 0.15) is 35.6 Å². The smallest absolute Gasteiger partial charge is 0.223 e. The molecule has 2 aromatic rings. The molecule has 0 spiro atoms. The van der Waals surface area contributed by atoms with E-state index in [2.05, 4.69) is 32.8 Å². The molecule has 134 valence electrons. The minimum atomic E-state index is 0.156. The van der Waals surface area contributed by atoms with E-state index in [0.29, 0.717) is 11.8 Å². The summed E-state index contributed by atoms with van der Waals surface area (Å²) >= 11 is 1.84. The number of amides is 1. The zero-order valence-corrected chi connectivity index (χ0v) is 15.5. The van der Waals surface area contributed by atoms with E-state index in [9.17, 15) is 4.79 Å². The van der Waals surface area contributed by atoms with Gasteiger partial charge in [0.2, 0.25) is 5.91 Å². The Bertz CT molecular complexity index is 703. The number of carbonyl (C=O) groups is 1. The maximum atomic E-state index is 12.4. The van der Waals surface area contributed by atoms with Crippen LogP contribution in [0.2, 0.25) is 0 Å². The van der Waals surface area contributed by atoms with Gasteiger partial charge in [0.25, 0.3) is 0 Å². The summed E-state index contributed by atoms with van der Waals surface area (Å²) in [4.78, 5) is 16.3. The number of thiophene rings is 1. The van der Waals surface area contributed by atoms with Gasteiger partial charge in [-0.3, -0.25) is 14.4 Å². The van der Waals surface area contributed by atoms with Gasteiger partial charge in [-0.1, -0.05) is 6.07 Å². The minimum Gasteiger partial charge on any atom is -0.356 e. The van der Waals surface area contributed by atoms with Crippen LogP contribution < -0.4 is 5.32 Å². The summed E-state index contributed by atoms with van der Waals surface area (Å²) in [5.74, 6) is 1.39. The molecule has 2 unspecified atom stereocenters. The number of hydrogen-bond donors (Lipinski definition) is 1. The summed E-state index contributed by atoms with van der Waals surface area (Å²) in [7, 11) is 1.92. The SMILES string of the molecule is Cn1cc(C2CC2C(=O)NCC2CCN(Cc3cccs3)CC2)cn1. The molecule has 2 aliphatic rings. The Balaban J connectivity index is 1.17. The topological polar surface area (TPSA) is 50.2 Å². The predicted molar refractivity (Wildman–Crippen MR) is 99.4 cm³/mol. The number of hydrogen-bond acceptors (Lipinski definition) is 4. The highest BCUT2D eigenvalue weighted by Crippen LogP contribution is 2.47. The van der Waals surface area contributed by atoms with Gasteiger partial charge in [-0.15, -0.1) is 11.3 Å². The Morgan fingerprint density at radius 2 is 2.24 bits per heavy atom. The van der Waals surface area contributed by atoms with Gasteiger partial charge >= 0.3 is 0 Å². The Kier molecular flexibility index (Phi) is 4.90. The molecule has 2 fully saturated rings. The molecule has 5 nitrogen and oxygen atoms in total. The molecule has 1 N–H and O–H groups in total. The van der Waals surface area contributed by atoms with E-state index >= 15 is 0 Å². The van der Waals surface area contributed by atoms with E-state index in [1.165, 1.54) is 23.3 Å². The van der Waals surface area contributed by atoms with E-state index in [1.807, 2.05) is 35.5 Å². The summed E-state index contributed by atoms with van der Waals surface area (Å²) < 4.78 is 1.81. The van der Waals surface area contributed by atoms with Crippen molar-refractivity contribution in [1.29, 1.82) is 0 Å². The maximum absolute atomic E-state index is 12.4. The lowest BCUT2D eigenvalue weighted by Crippen LogP contribution is -2.38. The highest BCUT2D eigenvalue weighted by atomic mass is 32.1. The molecule has 0 aromatic carbocycles. The second-order valence-electron chi connectivity index (χ2n) is 7.44. The second-order valence-corrected chi connectivity index (χ2v) is 8.47. The summed E-state index contributed by atoms with van der Waals surface area (Å²) in [6.07, 6.45) is 7.25. The molecule has 1 saturated heterocycles. The van der Waals surface area contributed by atoms with Crippen molar-refractivity contribution in [2.75, 3.05) is 19.6 Å². The summed E-state index contributed by atoms with van der Waals surface area (Å²) in [6.45, 7) is 4.19. The number of nitrogens with zero attached hydrogens (tertiary/aromatic N) is 3. The molecule has 0 bridgehead atoms. The first-order chi connectivity index (χ1) is 12.2. The molecular formula is C19H26N4OS. The van der Waals surface area contributed by atoms with Crippen molar-refractivity contribution >= 4 is 17.2 Å². The van der Waals surface area contributed by atoms with Gasteiger partial charge in [0.05, 0.1) is 6.20 Å². The molecule has 1 saturated carbocycles. The zero-order valence-electron chi connectivity index (χ0n) is 14.7. The average molecular weight is 359 g/mol. The van der Waals surface area contributed by atoms with E-state index in [1.54, 1.807) is 0 Å². The molecule has 3 heterocycles. The third kappa shape index (κ3) is 4.12. The van der Waals surface area contributed by atoms with Crippen molar-refractivity contribution in [3.05, 3.63) is 40.3 Å². The fourth-order valence-electron chi connectivity index (χ4n) is 3.83. The largest absolute Gasteiger partial charge is 0.356 e. The number of likely N-dealkylation sites (tertiary alicyclic amines) is 1. The lowest BCUT2D eigenvalue weighted by molar-refractivity contribution is -0.122. The van der Waals surface area contributed by atoms with Crippen LogP contribution >= 0.6 is 11.3 Å². The van der Waals surface area contributed by atoms with Gasteiger partial charge in [-0.25, -0.2) is 0 Å². The average Bonchev–Trinajstić information content (AvgIpc) is 3.02. The first kappa shape index (κ1) is 16.8. The van der Waals surface area contributed by atoms with Crippen LogP contribution in [0.15, 0.2) is 29.9 Å². The van der Waals surface area contributed by atoms with Crippen molar-refractivity contribution in [3.63, 3.8) is 0 Å². The third-order valence-electron chi connectivity index (χ3n) is 5.51. The molecule has 0 radical (unpaired) electrons. The summed E-state index contributed by atoms with van der Waals surface area (Å²) in [6, 6.07) is 4.34. The van der Waals surface area contributed by atoms with E-state index in [0.717, 1.165) is 32.6 Å². The highest BCUT2D eigenvalue weighted by molar-refractivity contribution is 7.09. The van der Waals surface area contributed by atoms with Gasteiger partial charge in [-0.2, -0.15) is 5.10 Å². The van der Waals surface area contributed by atoms with Crippen molar-refractivity contribution < 1.29 is 4.79 Å². The predicted octanol–water partition coefficient (Wildman–Crippen LogP) is 2.61. The quantitative estimate of drug-likeness (QED) is 0.864. The third-order valence-corrected chi connectivity index (χ3v) is 6.37. The van der Waals surface area contributed by atoms with E-state index < -0.39 is 0 Å². The Hall–Kier alpha value is -1.66. The lowest BCUT2D eigenvalue weighted by atomic mass is 9.96. The van der Waals surface area contributed by atoms with Crippen LogP contribution in [-0.2, 0) is 18.4 Å². The van der Waals surface area contributed by atoms with E-state index in [-0.39, 0.29) is 11.8 Å². The van der Waals surface area contributed by atoms with Crippen molar-refractivity contribution in [2.45, 2.75) is 31.7 Å². The number of aryl methyl sites for hydroxylation is 1. The van der Waals surface area contributed by atoms with Crippen molar-refractivity contribution in [3.8, 4) is 0 Å². The van der Waals surface area contributed by atoms with Crippen LogP contribution in [0.4, 0.5) is 0 Å². The monoisotopic (exact) mass is 358 g/mol. The van der Waals surface area contributed by atoms with Crippen LogP contribution in [0.5, 0.6) is 0 Å². The van der Waals surface area contributed by atoms with Gasteiger partial charge in [0, 0.05) is 37.1 Å². The fourth-order valence-corrected chi connectivity index (χ4v) is 4.58. The first-order valence-corrected chi connectivity index (χ1v) is 10.1. The zero-order chi connectivity index (χ0) is 17.2. The molecule has 25 heavy (non-hydrogen) atoms. The number of piperidine rings is 1. The molecule has 1 aliphatic heterocycles. The second kappa shape index (κ2) is 7.30. The number of rotatable bonds is 6. The Morgan fingerprint density at radius 3 is 2.92 bits per heavy atom. The lowest BCUT2D eigenvalue weighted by Gasteiger charge is -2.31. The minimum absolute atomic E-state index is 0.156. The Labute approximate surface area is 153 Å². The highest BCUT2D eigenvalue weighted by Gasteiger charge is 2.44. The molecule has 1 amide bonds. The van der Waals surface area contributed by atoms with Gasteiger partial charge < -0.3 is 5.32 Å². The first-order valence-electron chi connectivity index (χ1n) is 9.20. The normalized spacial score (nSPS) is 24.4. The molecule has 2 atom stereocenters. The fraction of sp³-hybridized carbons (Fsp3) is 0.579. The van der Waals surface area contributed by atoms with Crippen LogP contribution in [0.3, 0.4) is 0 Å². The molecular weight excluding hydrogens is 332 g/mol. The maximum Gasteiger partial charge on any atom is 0.223 e. The van der Waals surface area contributed by atoms with Crippen molar-refractivity contribution in [1.82, 2.24) is 20.0 Å². The van der Waals surface area contributed by atoms with Gasteiger partial charge in [0.1, 0.15) is 0 Å². The number of nitrogens with one attached hydrogen (secondary N) is 1.